The monoisotopic (exact) mass is 378 g/mol. The first-order valence-electron chi connectivity index (χ1n) is 8.95. The van der Waals surface area contributed by atoms with Crippen molar-refractivity contribution in [1.82, 2.24) is 19.4 Å². The molecule has 0 aromatic carbocycles. The summed E-state index contributed by atoms with van der Waals surface area (Å²) in [7, 11) is 0. The van der Waals surface area contributed by atoms with Crippen LogP contribution in [0, 0.1) is 0 Å². The third-order valence-corrected chi connectivity index (χ3v) is 5.74. The number of fused-ring (bicyclic) bond motifs is 1. The second-order valence-corrected chi connectivity index (χ2v) is 7.50. The Morgan fingerprint density at radius 1 is 1.30 bits per heavy atom. The summed E-state index contributed by atoms with van der Waals surface area (Å²) >= 11 is 1.62. The maximum atomic E-state index is 12.7. The van der Waals surface area contributed by atoms with Crippen molar-refractivity contribution in [2.24, 2.45) is 0 Å². The Bertz CT molecular complexity index is 1070. The van der Waals surface area contributed by atoms with Crippen molar-refractivity contribution in [3.8, 4) is 11.6 Å². The van der Waals surface area contributed by atoms with Gasteiger partial charge in [-0.3, -0.25) is 4.79 Å². The highest BCUT2D eigenvalue weighted by Crippen LogP contribution is 2.32. The van der Waals surface area contributed by atoms with Gasteiger partial charge in [-0.1, -0.05) is 0 Å². The Balaban J connectivity index is 1.46. The van der Waals surface area contributed by atoms with Gasteiger partial charge >= 0.3 is 0 Å². The van der Waals surface area contributed by atoms with Crippen molar-refractivity contribution < 1.29 is 9.21 Å². The molecular formula is C20H18N4O2S. The molecule has 1 saturated heterocycles. The zero-order valence-corrected chi connectivity index (χ0v) is 15.4. The Hall–Kier alpha value is -2.93. The van der Waals surface area contributed by atoms with Crippen molar-refractivity contribution in [3.63, 3.8) is 0 Å². The van der Waals surface area contributed by atoms with Crippen LogP contribution in [0.5, 0.6) is 0 Å². The van der Waals surface area contributed by atoms with Crippen LogP contribution in [-0.4, -0.2) is 38.4 Å². The van der Waals surface area contributed by atoms with Crippen LogP contribution in [0.4, 0.5) is 0 Å². The van der Waals surface area contributed by atoms with Crippen molar-refractivity contribution in [2.45, 2.75) is 18.9 Å². The molecular weight excluding hydrogens is 360 g/mol. The zero-order valence-electron chi connectivity index (χ0n) is 14.6. The molecule has 1 atom stereocenters. The highest BCUT2D eigenvalue weighted by Gasteiger charge is 2.31. The number of furan rings is 1. The molecule has 1 fully saturated rings. The highest BCUT2D eigenvalue weighted by molar-refractivity contribution is 7.08. The van der Waals surface area contributed by atoms with Crippen LogP contribution in [0.3, 0.4) is 0 Å². The van der Waals surface area contributed by atoms with E-state index in [1.807, 2.05) is 46.0 Å². The number of thiophene rings is 1. The molecule has 1 amide bonds. The third-order valence-electron chi connectivity index (χ3n) is 5.01. The van der Waals surface area contributed by atoms with Gasteiger partial charge < -0.3 is 13.9 Å². The smallest absolute Gasteiger partial charge is 0.227 e. The van der Waals surface area contributed by atoms with Gasteiger partial charge in [-0.2, -0.15) is 11.3 Å². The van der Waals surface area contributed by atoms with Gasteiger partial charge in [0.1, 0.15) is 5.52 Å². The van der Waals surface area contributed by atoms with E-state index in [4.69, 9.17) is 9.40 Å². The van der Waals surface area contributed by atoms with Gasteiger partial charge in [0, 0.05) is 19.3 Å². The number of hydrogen-bond donors (Lipinski definition) is 0. The molecule has 0 saturated carbocycles. The average Bonchev–Trinajstić information content (AvgIpc) is 3.46. The predicted molar refractivity (Wildman–Crippen MR) is 103 cm³/mol. The molecule has 0 bridgehead atoms. The van der Waals surface area contributed by atoms with Crippen molar-refractivity contribution in [1.29, 1.82) is 0 Å². The summed E-state index contributed by atoms with van der Waals surface area (Å²) in [5.74, 6) is 1.66. The largest absolute Gasteiger partial charge is 0.461 e. The number of aromatic nitrogens is 3. The topological polar surface area (TPSA) is 64.2 Å². The van der Waals surface area contributed by atoms with E-state index in [0.29, 0.717) is 13.0 Å². The van der Waals surface area contributed by atoms with Gasteiger partial charge in [0.25, 0.3) is 0 Å². The molecule has 136 valence electrons. The van der Waals surface area contributed by atoms with Crippen LogP contribution in [0.25, 0.3) is 22.7 Å². The van der Waals surface area contributed by atoms with E-state index >= 15 is 0 Å². The average molecular weight is 378 g/mol. The Kier molecular flexibility index (Phi) is 4.01. The third kappa shape index (κ3) is 2.94. The maximum Gasteiger partial charge on any atom is 0.227 e. The number of carbonyl (C=O) groups excluding carboxylic acids is 1. The minimum atomic E-state index is 0.136. The van der Waals surface area contributed by atoms with Crippen LogP contribution in [0.15, 0.2) is 58.0 Å². The molecule has 0 N–H and O–H groups in total. The lowest BCUT2D eigenvalue weighted by atomic mass is 10.2. The van der Waals surface area contributed by atoms with Crippen LogP contribution >= 0.6 is 11.3 Å². The molecule has 0 aliphatic carbocycles. The summed E-state index contributed by atoms with van der Waals surface area (Å²) in [6.45, 7) is 1.41. The molecule has 27 heavy (non-hydrogen) atoms. The molecule has 6 nitrogen and oxygen atoms in total. The highest BCUT2D eigenvalue weighted by atomic mass is 32.1. The van der Waals surface area contributed by atoms with Crippen molar-refractivity contribution in [3.05, 3.63) is 59.1 Å². The van der Waals surface area contributed by atoms with Crippen molar-refractivity contribution in [2.75, 3.05) is 13.1 Å². The number of imidazole rings is 1. The molecule has 7 heteroatoms. The number of likely N-dealkylation sites (tertiary alicyclic amines) is 1. The summed E-state index contributed by atoms with van der Waals surface area (Å²) in [6, 6.07) is 9.76. The van der Waals surface area contributed by atoms with Crippen LogP contribution < -0.4 is 0 Å². The predicted octanol–water partition coefficient (Wildman–Crippen LogP) is 3.77. The molecule has 4 aromatic heterocycles. The molecule has 1 aliphatic rings. The lowest BCUT2D eigenvalue weighted by molar-refractivity contribution is -0.129. The van der Waals surface area contributed by atoms with E-state index in [1.54, 1.807) is 23.8 Å². The summed E-state index contributed by atoms with van der Waals surface area (Å²) in [5.41, 5.74) is 2.76. The van der Waals surface area contributed by atoms with Gasteiger partial charge in [-0.25, -0.2) is 9.97 Å². The van der Waals surface area contributed by atoms with Gasteiger partial charge in [-0.15, -0.1) is 0 Å². The first kappa shape index (κ1) is 16.3. The van der Waals surface area contributed by atoms with Gasteiger partial charge in [0.2, 0.25) is 5.91 Å². The number of amides is 1. The van der Waals surface area contributed by atoms with E-state index in [1.165, 1.54) is 0 Å². The Morgan fingerprint density at radius 2 is 2.26 bits per heavy atom. The van der Waals surface area contributed by atoms with Crippen LogP contribution in [0.2, 0.25) is 0 Å². The maximum absolute atomic E-state index is 12.7. The standard InChI is InChI=1S/C20H18N4O2S/c25-18(11-14-6-10-27-13-14)23-8-5-15(12-23)24-19-16(3-1-7-21-19)22-20(24)17-4-2-9-26-17/h1-4,6-7,9-10,13,15H,5,8,11-12H2/t15-/m0/s1. The summed E-state index contributed by atoms with van der Waals surface area (Å²) < 4.78 is 7.73. The van der Waals surface area contributed by atoms with E-state index in [2.05, 4.69) is 9.55 Å². The quantitative estimate of drug-likeness (QED) is 0.542. The number of rotatable bonds is 4. The minimum Gasteiger partial charge on any atom is -0.461 e. The van der Waals surface area contributed by atoms with E-state index in [9.17, 15) is 4.79 Å². The SMILES string of the molecule is O=C(Cc1ccsc1)N1CC[C@H](n2c(-c3ccco3)nc3cccnc32)C1. The molecule has 0 radical (unpaired) electrons. The molecule has 5 heterocycles. The fourth-order valence-corrected chi connectivity index (χ4v) is 4.38. The lowest BCUT2D eigenvalue weighted by Crippen LogP contribution is -2.30. The van der Waals surface area contributed by atoms with E-state index in [0.717, 1.165) is 41.3 Å². The fraction of sp³-hybridized carbons (Fsp3) is 0.250. The fourth-order valence-electron chi connectivity index (χ4n) is 3.71. The first-order valence-corrected chi connectivity index (χ1v) is 9.89. The van der Waals surface area contributed by atoms with Gasteiger partial charge in [-0.05, 0) is 53.1 Å². The van der Waals surface area contributed by atoms with Gasteiger partial charge in [0.05, 0.1) is 18.7 Å². The number of pyridine rings is 1. The Labute approximate surface area is 160 Å². The number of carbonyl (C=O) groups is 1. The molecule has 5 rings (SSSR count). The summed E-state index contributed by atoms with van der Waals surface area (Å²) in [4.78, 5) is 23.9. The normalized spacial score (nSPS) is 17.0. The zero-order chi connectivity index (χ0) is 18.2. The molecule has 1 aliphatic heterocycles. The summed E-state index contributed by atoms with van der Waals surface area (Å²) in [5, 5.41) is 4.04. The number of nitrogens with zero attached hydrogens (tertiary/aromatic N) is 4. The van der Waals surface area contributed by atoms with E-state index < -0.39 is 0 Å². The van der Waals surface area contributed by atoms with Crippen LogP contribution in [0.1, 0.15) is 18.0 Å². The molecule has 4 aromatic rings. The van der Waals surface area contributed by atoms with Crippen LogP contribution in [-0.2, 0) is 11.2 Å². The van der Waals surface area contributed by atoms with Gasteiger partial charge in [0.15, 0.2) is 17.2 Å². The molecule has 0 spiro atoms. The van der Waals surface area contributed by atoms with Crippen molar-refractivity contribution >= 4 is 28.4 Å². The first-order chi connectivity index (χ1) is 13.3. The molecule has 0 unspecified atom stereocenters. The second kappa shape index (κ2) is 6.66. The second-order valence-electron chi connectivity index (χ2n) is 6.72. The summed E-state index contributed by atoms with van der Waals surface area (Å²) in [6.07, 6.45) is 4.77. The lowest BCUT2D eigenvalue weighted by Gasteiger charge is -2.18. The Morgan fingerprint density at radius 3 is 3.07 bits per heavy atom. The van der Waals surface area contributed by atoms with E-state index in [-0.39, 0.29) is 11.9 Å². The minimum absolute atomic E-state index is 0.136. The number of hydrogen-bond acceptors (Lipinski definition) is 5.